The Morgan fingerprint density at radius 3 is 2.32 bits per heavy atom. The van der Waals surface area contributed by atoms with Crippen molar-refractivity contribution in [2.45, 2.75) is 20.3 Å². The molecule has 1 aromatic heterocycles. The summed E-state index contributed by atoms with van der Waals surface area (Å²) >= 11 is 18.4. The molecule has 0 atom stereocenters. The molecule has 0 radical (unpaired) electrons. The van der Waals surface area contributed by atoms with Gasteiger partial charge in [-0.1, -0.05) is 53.9 Å². The zero-order valence-electron chi connectivity index (χ0n) is 15.5. The third-order valence-corrected chi connectivity index (χ3v) is 5.43. The van der Waals surface area contributed by atoms with Crippen molar-refractivity contribution in [2.75, 3.05) is 0 Å². The van der Waals surface area contributed by atoms with E-state index >= 15 is 0 Å². The second-order valence-corrected chi connectivity index (χ2v) is 7.67. The first-order valence-corrected chi connectivity index (χ1v) is 9.73. The van der Waals surface area contributed by atoms with Gasteiger partial charge >= 0.3 is 0 Å². The summed E-state index contributed by atoms with van der Waals surface area (Å²) in [7, 11) is 1.61. The number of aryl methyl sites for hydroxylation is 2. The SMILES string of the molecule is CCc1c(-c2cc(C(=O)c3c(Cl)cc(Cl)cc3Cl)ccc2C)cnn(C)c1=O. The predicted octanol–water partition coefficient (Wildman–Crippen LogP) is 5.51. The molecule has 4 nitrogen and oxygen atoms in total. The van der Waals surface area contributed by atoms with E-state index in [1.54, 1.807) is 25.4 Å². The van der Waals surface area contributed by atoms with Crippen molar-refractivity contribution in [3.63, 3.8) is 0 Å². The Balaban J connectivity index is 2.18. The highest BCUT2D eigenvalue weighted by atomic mass is 35.5. The first-order chi connectivity index (χ1) is 13.2. The Morgan fingerprint density at radius 2 is 1.71 bits per heavy atom. The summed E-state index contributed by atoms with van der Waals surface area (Å²) in [5.41, 5.74) is 3.51. The number of carbonyl (C=O) groups excluding carboxylic acids is 1. The van der Waals surface area contributed by atoms with Gasteiger partial charge in [0.1, 0.15) is 0 Å². The van der Waals surface area contributed by atoms with Crippen LogP contribution in [-0.2, 0) is 13.5 Å². The molecule has 0 bridgehead atoms. The van der Waals surface area contributed by atoms with Crippen molar-refractivity contribution in [1.29, 1.82) is 0 Å². The van der Waals surface area contributed by atoms with Crippen molar-refractivity contribution in [3.8, 4) is 11.1 Å². The standard InChI is InChI=1S/C21H17Cl3N2O2/c1-4-14-16(10-25-26(3)21(14)28)15-7-12(6-5-11(15)2)20(27)19-17(23)8-13(22)9-18(19)24/h5-10H,4H2,1-3H3. The maximum atomic E-state index is 13.1. The van der Waals surface area contributed by atoms with Crippen LogP contribution in [0.2, 0.25) is 15.1 Å². The van der Waals surface area contributed by atoms with Gasteiger partial charge < -0.3 is 0 Å². The lowest BCUT2D eigenvalue weighted by Gasteiger charge is -2.13. The molecule has 3 aromatic rings. The zero-order chi connectivity index (χ0) is 20.6. The number of hydrogen-bond acceptors (Lipinski definition) is 3. The average molecular weight is 436 g/mol. The molecule has 0 spiro atoms. The lowest BCUT2D eigenvalue weighted by atomic mass is 9.93. The van der Waals surface area contributed by atoms with Crippen LogP contribution in [-0.4, -0.2) is 15.6 Å². The Bertz CT molecular complexity index is 1130. The van der Waals surface area contributed by atoms with Crippen LogP contribution in [0.1, 0.15) is 34.0 Å². The van der Waals surface area contributed by atoms with Crippen molar-refractivity contribution in [3.05, 3.63) is 84.2 Å². The lowest BCUT2D eigenvalue weighted by Crippen LogP contribution is -2.23. The summed E-state index contributed by atoms with van der Waals surface area (Å²) in [4.78, 5) is 25.5. The van der Waals surface area contributed by atoms with Crippen LogP contribution >= 0.6 is 34.8 Å². The van der Waals surface area contributed by atoms with E-state index in [1.807, 2.05) is 19.9 Å². The van der Waals surface area contributed by atoms with Crippen LogP contribution in [0.25, 0.3) is 11.1 Å². The van der Waals surface area contributed by atoms with Gasteiger partial charge in [-0.05, 0) is 42.7 Å². The van der Waals surface area contributed by atoms with E-state index in [2.05, 4.69) is 5.10 Å². The van der Waals surface area contributed by atoms with Crippen molar-refractivity contribution in [2.24, 2.45) is 7.05 Å². The Labute approximate surface area is 177 Å². The summed E-state index contributed by atoms with van der Waals surface area (Å²) < 4.78 is 1.31. The number of ketones is 1. The molecular formula is C21H17Cl3N2O2. The molecule has 28 heavy (non-hydrogen) atoms. The molecule has 0 saturated carbocycles. The minimum atomic E-state index is -0.317. The average Bonchev–Trinajstić information content (AvgIpc) is 2.63. The summed E-state index contributed by atoms with van der Waals surface area (Å²) in [6, 6.07) is 8.25. The highest BCUT2D eigenvalue weighted by Gasteiger charge is 2.20. The predicted molar refractivity (Wildman–Crippen MR) is 114 cm³/mol. The van der Waals surface area contributed by atoms with Gasteiger partial charge in [0, 0.05) is 28.8 Å². The van der Waals surface area contributed by atoms with E-state index in [0.29, 0.717) is 28.1 Å². The fraction of sp³-hybridized carbons (Fsp3) is 0.190. The molecule has 0 N–H and O–H groups in total. The van der Waals surface area contributed by atoms with E-state index < -0.39 is 0 Å². The summed E-state index contributed by atoms with van der Waals surface area (Å²) in [5, 5.41) is 4.87. The fourth-order valence-electron chi connectivity index (χ4n) is 3.12. The van der Waals surface area contributed by atoms with Crippen LogP contribution in [0.4, 0.5) is 0 Å². The van der Waals surface area contributed by atoms with Gasteiger partial charge in [0.05, 0.1) is 21.8 Å². The number of rotatable bonds is 4. The van der Waals surface area contributed by atoms with Crippen molar-refractivity contribution in [1.82, 2.24) is 9.78 Å². The van der Waals surface area contributed by atoms with E-state index in [-0.39, 0.29) is 27.0 Å². The van der Waals surface area contributed by atoms with Gasteiger partial charge in [-0.25, -0.2) is 4.68 Å². The second-order valence-electron chi connectivity index (χ2n) is 6.42. The smallest absolute Gasteiger partial charge is 0.270 e. The molecule has 0 unspecified atom stereocenters. The second kappa shape index (κ2) is 8.08. The van der Waals surface area contributed by atoms with Gasteiger partial charge in [-0.3, -0.25) is 9.59 Å². The van der Waals surface area contributed by atoms with Crippen LogP contribution < -0.4 is 5.56 Å². The number of carbonyl (C=O) groups is 1. The van der Waals surface area contributed by atoms with E-state index in [1.165, 1.54) is 16.8 Å². The van der Waals surface area contributed by atoms with Crippen molar-refractivity contribution >= 4 is 40.6 Å². The molecule has 2 aromatic carbocycles. The van der Waals surface area contributed by atoms with Crippen LogP contribution in [0.5, 0.6) is 0 Å². The quantitative estimate of drug-likeness (QED) is 0.508. The fourth-order valence-corrected chi connectivity index (χ4v) is 4.10. The summed E-state index contributed by atoms with van der Waals surface area (Å²) in [6.45, 7) is 3.83. The monoisotopic (exact) mass is 434 g/mol. The van der Waals surface area contributed by atoms with Crippen LogP contribution in [0.15, 0.2) is 41.3 Å². The lowest BCUT2D eigenvalue weighted by molar-refractivity contribution is 0.103. The van der Waals surface area contributed by atoms with Crippen molar-refractivity contribution < 1.29 is 4.79 Å². The van der Waals surface area contributed by atoms with Gasteiger partial charge in [0.25, 0.3) is 5.56 Å². The van der Waals surface area contributed by atoms with E-state index in [4.69, 9.17) is 34.8 Å². The largest absolute Gasteiger partial charge is 0.288 e. The third kappa shape index (κ3) is 3.72. The first-order valence-electron chi connectivity index (χ1n) is 8.60. The zero-order valence-corrected chi connectivity index (χ0v) is 17.8. The number of benzene rings is 2. The molecule has 0 fully saturated rings. The third-order valence-electron chi connectivity index (χ3n) is 4.61. The molecule has 0 saturated heterocycles. The molecule has 144 valence electrons. The van der Waals surface area contributed by atoms with Gasteiger partial charge in [0.2, 0.25) is 0 Å². The first kappa shape index (κ1) is 20.6. The molecule has 1 heterocycles. The molecule has 3 rings (SSSR count). The topological polar surface area (TPSA) is 52.0 Å². The van der Waals surface area contributed by atoms with E-state index in [0.717, 1.165) is 11.1 Å². The van der Waals surface area contributed by atoms with Crippen LogP contribution in [0, 0.1) is 6.92 Å². The maximum absolute atomic E-state index is 13.1. The number of aromatic nitrogens is 2. The van der Waals surface area contributed by atoms with Gasteiger partial charge in [0.15, 0.2) is 5.78 Å². The Hall–Kier alpha value is -2.14. The summed E-state index contributed by atoms with van der Waals surface area (Å²) in [5.74, 6) is -0.317. The van der Waals surface area contributed by atoms with E-state index in [9.17, 15) is 9.59 Å². The number of halogens is 3. The maximum Gasteiger partial charge on any atom is 0.270 e. The molecule has 0 aliphatic carbocycles. The summed E-state index contributed by atoms with van der Waals surface area (Å²) in [6.07, 6.45) is 2.20. The minimum absolute atomic E-state index is 0.153. The number of nitrogens with zero attached hydrogens (tertiary/aromatic N) is 2. The molecule has 7 heteroatoms. The van der Waals surface area contributed by atoms with Gasteiger partial charge in [-0.2, -0.15) is 5.10 Å². The normalized spacial score (nSPS) is 10.9. The molecule has 0 aliphatic heterocycles. The molecule has 0 amide bonds. The Morgan fingerprint density at radius 1 is 1.07 bits per heavy atom. The van der Waals surface area contributed by atoms with Crippen LogP contribution in [0.3, 0.4) is 0 Å². The van der Waals surface area contributed by atoms with Gasteiger partial charge in [-0.15, -0.1) is 0 Å². The molecule has 0 aliphatic rings. The highest BCUT2D eigenvalue weighted by molar-refractivity contribution is 6.43. The minimum Gasteiger partial charge on any atom is -0.288 e. The Kier molecular flexibility index (Phi) is 5.94. The highest BCUT2D eigenvalue weighted by Crippen LogP contribution is 2.33. The molecular weight excluding hydrogens is 419 g/mol. The number of hydrogen-bond donors (Lipinski definition) is 0.